The molecule has 0 saturated carbocycles. The molecule has 5 aliphatic rings. The predicted molar refractivity (Wildman–Crippen MR) is 234 cm³/mol. The van der Waals surface area contributed by atoms with Crippen molar-refractivity contribution in [2.45, 2.75) is 50.9 Å². The molecule has 0 fully saturated rings. The summed E-state index contributed by atoms with van der Waals surface area (Å²) in [5.74, 6) is 1.85. The minimum absolute atomic E-state index is 0.0643. The average molecular weight is 893 g/mol. The molecule has 0 amide bonds. The van der Waals surface area contributed by atoms with Crippen LogP contribution in [-0.2, 0) is 0 Å². The number of rotatable bonds is 9. The van der Waals surface area contributed by atoms with Gasteiger partial charge in [0, 0.05) is 28.8 Å². The number of fused-ring (bicyclic) bond motifs is 8. The summed E-state index contributed by atoms with van der Waals surface area (Å²) in [7, 11) is 7.37. The molecular formula is C47H44N2O16. The highest BCUT2D eigenvalue weighted by Crippen LogP contribution is 2.53. The summed E-state index contributed by atoms with van der Waals surface area (Å²) in [6, 6.07) is 9.22. The fourth-order valence-electron chi connectivity index (χ4n) is 8.26. The number of hydrogen-bond donors (Lipinski definition) is 0. The number of carbonyl (C=O) groups excluding carboxylic acids is 2. The summed E-state index contributed by atoms with van der Waals surface area (Å²) >= 11 is 0. The lowest BCUT2D eigenvalue weighted by Gasteiger charge is -2.38. The highest BCUT2D eigenvalue weighted by atomic mass is 16.6. The predicted octanol–water partition coefficient (Wildman–Crippen LogP) is 8.38. The van der Waals surface area contributed by atoms with Crippen LogP contribution in [-0.4, -0.2) is 87.5 Å². The van der Waals surface area contributed by atoms with Crippen molar-refractivity contribution in [1.82, 2.24) is 0 Å². The Bertz CT molecular complexity index is 2800. The number of nitro groups is 2. The molecule has 0 spiro atoms. The van der Waals surface area contributed by atoms with Gasteiger partial charge in [-0.05, 0) is 70.2 Å². The molecule has 4 aromatic carbocycles. The molecule has 0 aromatic heterocycles. The van der Waals surface area contributed by atoms with Crippen molar-refractivity contribution in [1.29, 1.82) is 0 Å². The van der Waals surface area contributed by atoms with Crippen molar-refractivity contribution in [2.75, 3.05) is 48.8 Å². The van der Waals surface area contributed by atoms with Crippen molar-refractivity contribution in [3.63, 3.8) is 0 Å². The van der Waals surface area contributed by atoms with E-state index in [9.17, 15) is 29.8 Å². The van der Waals surface area contributed by atoms with E-state index in [1.54, 1.807) is 48.6 Å². The Morgan fingerprint density at radius 2 is 1.25 bits per heavy atom. The normalized spacial score (nSPS) is 18.4. The van der Waals surface area contributed by atoms with Gasteiger partial charge >= 0.3 is 0 Å². The van der Waals surface area contributed by atoms with Gasteiger partial charge in [0.2, 0.25) is 5.78 Å². The molecule has 2 atom stereocenters. The van der Waals surface area contributed by atoms with Crippen molar-refractivity contribution in [3.8, 4) is 57.5 Å². The van der Waals surface area contributed by atoms with Gasteiger partial charge in [-0.1, -0.05) is 0 Å². The van der Waals surface area contributed by atoms with Crippen molar-refractivity contribution < 1.29 is 66.8 Å². The van der Waals surface area contributed by atoms with Gasteiger partial charge in [0.1, 0.15) is 76.1 Å². The monoisotopic (exact) mass is 892 g/mol. The van der Waals surface area contributed by atoms with E-state index < -0.39 is 50.3 Å². The zero-order chi connectivity index (χ0) is 46.7. The van der Waals surface area contributed by atoms with Crippen molar-refractivity contribution in [2.24, 2.45) is 0 Å². The molecule has 0 aliphatic carbocycles. The fourth-order valence-corrected chi connectivity index (χ4v) is 8.26. The Morgan fingerprint density at radius 3 is 1.85 bits per heavy atom. The maximum atomic E-state index is 13.7. The molecule has 0 radical (unpaired) electrons. The van der Waals surface area contributed by atoms with Crippen LogP contribution in [0.3, 0.4) is 0 Å². The van der Waals surface area contributed by atoms with Crippen LogP contribution in [0.4, 0.5) is 11.4 Å². The van der Waals surface area contributed by atoms with Crippen LogP contribution in [0.1, 0.15) is 76.6 Å². The van der Waals surface area contributed by atoms with Crippen LogP contribution in [0.15, 0.2) is 54.1 Å². The first-order chi connectivity index (χ1) is 30.9. The SMILES string of the molecule is COc1cc2c(cc1OC)OCC(C(=O)c1c([N+](=O)[O-])cc3c(c1OC)C=CC(C)(C)O3)=C2.COc1cc2c(cc1OC)[C@@H]1C(=O)c3c([N+](=O)[O-])cc4c(c3O[C@@H]1CO2)C=CC(C)(C)O4. The number of benzene rings is 4. The molecule has 5 aliphatic heterocycles. The molecule has 338 valence electrons. The van der Waals surface area contributed by atoms with E-state index in [1.165, 1.54) is 47.7 Å². The van der Waals surface area contributed by atoms with Crippen LogP contribution >= 0.6 is 0 Å². The Morgan fingerprint density at radius 1 is 0.692 bits per heavy atom. The van der Waals surface area contributed by atoms with Gasteiger partial charge in [0.25, 0.3) is 11.4 Å². The summed E-state index contributed by atoms with van der Waals surface area (Å²) in [5, 5.41) is 23.8. The average Bonchev–Trinajstić information content (AvgIpc) is 3.28. The second kappa shape index (κ2) is 16.4. The molecule has 0 saturated heterocycles. The molecule has 0 bridgehead atoms. The van der Waals surface area contributed by atoms with Crippen LogP contribution in [0.5, 0.6) is 57.5 Å². The molecular weight excluding hydrogens is 849 g/mol. The number of Topliss-reactive ketones (excluding diaryl/α,β-unsaturated/α-hetero) is 2. The minimum Gasteiger partial charge on any atom is -0.495 e. The second-order valence-corrected chi connectivity index (χ2v) is 16.4. The first-order valence-corrected chi connectivity index (χ1v) is 20.2. The first kappa shape index (κ1) is 43.9. The zero-order valence-corrected chi connectivity index (χ0v) is 36.8. The number of methoxy groups -OCH3 is 5. The Labute approximate surface area is 372 Å². The first-order valence-electron chi connectivity index (χ1n) is 20.2. The highest BCUT2D eigenvalue weighted by molar-refractivity contribution is 6.17. The van der Waals surface area contributed by atoms with Crippen molar-refractivity contribution in [3.05, 3.63) is 108 Å². The molecule has 0 N–H and O–H groups in total. The van der Waals surface area contributed by atoms with Gasteiger partial charge in [0.15, 0.2) is 28.8 Å². The van der Waals surface area contributed by atoms with E-state index in [0.29, 0.717) is 62.5 Å². The summed E-state index contributed by atoms with van der Waals surface area (Å²) in [4.78, 5) is 49.9. The van der Waals surface area contributed by atoms with E-state index >= 15 is 0 Å². The smallest absolute Gasteiger partial charge is 0.288 e. The Kier molecular flexibility index (Phi) is 11.1. The van der Waals surface area contributed by atoms with Crippen LogP contribution < -0.4 is 47.4 Å². The fraction of sp³-hybridized carbons (Fsp3) is 0.319. The number of nitro benzene ring substituents is 2. The lowest BCUT2D eigenvalue weighted by atomic mass is 9.80. The summed E-state index contributed by atoms with van der Waals surface area (Å²) in [5.41, 5.74) is 0.0732. The summed E-state index contributed by atoms with van der Waals surface area (Å²) in [6.45, 7) is 7.37. The number of carbonyl (C=O) groups is 2. The molecule has 18 nitrogen and oxygen atoms in total. The summed E-state index contributed by atoms with van der Waals surface area (Å²) < 4.78 is 56.4. The third-order valence-corrected chi connectivity index (χ3v) is 11.3. The Hall–Kier alpha value is -7.76. The Balaban J connectivity index is 0.000000177. The quantitative estimate of drug-likeness (QED) is 0.0877. The largest absolute Gasteiger partial charge is 0.495 e. The molecule has 18 heteroatoms. The molecule has 4 aromatic rings. The van der Waals surface area contributed by atoms with Gasteiger partial charge in [0.05, 0.1) is 74.6 Å². The molecule has 65 heavy (non-hydrogen) atoms. The minimum atomic E-state index is -0.785. The zero-order valence-electron chi connectivity index (χ0n) is 36.8. The highest BCUT2D eigenvalue weighted by Gasteiger charge is 2.48. The van der Waals surface area contributed by atoms with Gasteiger partial charge in [-0.25, -0.2) is 0 Å². The maximum absolute atomic E-state index is 13.7. The van der Waals surface area contributed by atoms with E-state index in [1.807, 2.05) is 33.8 Å². The van der Waals surface area contributed by atoms with Gasteiger partial charge in [-0.3, -0.25) is 29.8 Å². The molecule has 0 unspecified atom stereocenters. The molecule has 9 rings (SSSR count). The van der Waals surface area contributed by atoms with Gasteiger partial charge < -0.3 is 47.4 Å². The van der Waals surface area contributed by atoms with E-state index in [2.05, 4.69) is 0 Å². The van der Waals surface area contributed by atoms with Gasteiger partial charge in [-0.2, -0.15) is 0 Å². The second-order valence-electron chi connectivity index (χ2n) is 16.4. The van der Waals surface area contributed by atoms with Crippen molar-refractivity contribution >= 4 is 41.2 Å². The lowest BCUT2D eigenvalue weighted by molar-refractivity contribution is -0.385. The number of nitrogens with zero attached hydrogens (tertiary/aromatic N) is 2. The van der Waals surface area contributed by atoms with Crippen LogP contribution in [0, 0.1) is 20.2 Å². The van der Waals surface area contributed by atoms with E-state index in [4.69, 9.17) is 47.4 Å². The van der Waals surface area contributed by atoms with E-state index in [0.717, 1.165) is 0 Å². The van der Waals surface area contributed by atoms with E-state index in [-0.39, 0.29) is 52.8 Å². The third kappa shape index (κ3) is 7.74. The maximum Gasteiger partial charge on any atom is 0.288 e. The topological polar surface area (TPSA) is 213 Å². The third-order valence-electron chi connectivity index (χ3n) is 11.3. The van der Waals surface area contributed by atoms with Crippen LogP contribution in [0.25, 0.3) is 18.2 Å². The van der Waals surface area contributed by atoms with Crippen LogP contribution in [0.2, 0.25) is 0 Å². The summed E-state index contributed by atoms with van der Waals surface area (Å²) in [6.07, 6.45) is 8.12. The number of hydrogen-bond acceptors (Lipinski definition) is 16. The lowest BCUT2D eigenvalue weighted by Crippen LogP contribution is -2.43. The molecule has 5 heterocycles. The number of ketones is 2. The van der Waals surface area contributed by atoms with Gasteiger partial charge in [-0.15, -0.1) is 0 Å². The number of ether oxygens (including phenoxy) is 10. The standard InChI is InChI=1S/C24H23NO8.C23H21NO8/c1-24(2)7-6-15-18(33-24)10-16(25(27)28)21(23(15)31-5)22(26)14-8-13-9-19(29-3)20(30-4)11-17(13)32-12-14;1-23(2)6-5-11-15(32-23)8-13(24(26)27)20-21(25)19-12-7-16(28-3)17(29-4)9-14(12)30-10-18(19)31-22(11)20/h6-11H,12H2,1-5H3;5-9,18-19H,10H2,1-4H3/t;18-,19+/m.1/s1.